The molecule has 22 heavy (non-hydrogen) atoms. The van der Waals surface area contributed by atoms with Gasteiger partial charge < -0.3 is 5.73 Å². The topological polar surface area (TPSA) is 26.0 Å². The Morgan fingerprint density at radius 3 is 1.73 bits per heavy atom. The van der Waals surface area contributed by atoms with Gasteiger partial charge in [0.25, 0.3) is 0 Å². The maximum atomic E-state index is 12.5. The average Bonchev–Trinajstić information content (AvgIpc) is 3.31. The maximum Gasteiger partial charge on any atom is 0.416 e. The highest BCUT2D eigenvalue weighted by molar-refractivity contribution is 5.85. The van der Waals surface area contributed by atoms with Crippen molar-refractivity contribution in [3.63, 3.8) is 0 Å². The molecule has 2 N–H and O–H groups in total. The van der Waals surface area contributed by atoms with E-state index in [9.17, 15) is 13.2 Å². The van der Waals surface area contributed by atoms with Crippen LogP contribution in [-0.2, 0) is 6.18 Å². The largest absolute Gasteiger partial charge is 0.416 e. The Balaban J connectivity index is 0.00000176. The van der Waals surface area contributed by atoms with Gasteiger partial charge in [0, 0.05) is 6.04 Å². The van der Waals surface area contributed by atoms with Crippen molar-refractivity contribution in [3.05, 3.63) is 59.7 Å². The van der Waals surface area contributed by atoms with E-state index in [0.29, 0.717) is 5.92 Å². The van der Waals surface area contributed by atoms with Crippen LogP contribution in [-0.4, -0.2) is 0 Å². The third kappa shape index (κ3) is 3.62. The van der Waals surface area contributed by atoms with Crippen molar-refractivity contribution in [2.45, 2.75) is 25.1 Å². The maximum absolute atomic E-state index is 12.5. The zero-order valence-corrected chi connectivity index (χ0v) is 12.6. The Labute approximate surface area is 133 Å². The van der Waals surface area contributed by atoms with Crippen molar-refractivity contribution >= 4 is 12.4 Å². The lowest BCUT2D eigenvalue weighted by molar-refractivity contribution is -0.137. The van der Waals surface area contributed by atoms with E-state index in [1.54, 1.807) is 0 Å². The van der Waals surface area contributed by atoms with Crippen molar-refractivity contribution in [3.8, 4) is 11.1 Å². The Hall–Kier alpha value is -1.52. The second-order valence-electron chi connectivity index (χ2n) is 5.56. The standard InChI is InChI=1S/C17H16F3N.ClH/c18-17(19,20)15-9-7-12(8-10-15)11-1-3-13(4-2-11)16(21)14-5-6-14;/h1-4,7-10,14,16H,5-6,21H2;1H/t16-;/m0./s1. The minimum Gasteiger partial charge on any atom is -0.324 e. The first-order chi connectivity index (χ1) is 9.95. The van der Waals surface area contributed by atoms with Gasteiger partial charge in [-0.2, -0.15) is 13.2 Å². The summed E-state index contributed by atoms with van der Waals surface area (Å²) in [6.07, 6.45) is -1.93. The summed E-state index contributed by atoms with van der Waals surface area (Å²) in [6.45, 7) is 0. The first-order valence-electron chi connectivity index (χ1n) is 6.98. The minimum atomic E-state index is -4.29. The predicted octanol–water partition coefficient (Wildman–Crippen LogP) is 5.20. The van der Waals surface area contributed by atoms with E-state index >= 15 is 0 Å². The molecule has 1 nitrogen and oxygen atoms in total. The van der Waals surface area contributed by atoms with Gasteiger partial charge in [0.1, 0.15) is 0 Å². The molecule has 0 aromatic heterocycles. The number of rotatable bonds is 3. The third-order valence-electron chi connectivity index (χ3n) is 3.97. The van der Waals surface area contributed by atoms with Gasteiger partial charge in [-0.3, -0.25) is 0 Å². The molecule has 5 heteroatoms. The first-order valence-corrected chi connectivity index (χ1v) is 6.98. The van der Waals surface area contributed by atoms with E-state index in [-0.39, 0.29) is 18.4 Å². The SMILES string of the molecule is Cl.N[C@@H](c1ccc(-c2ccc(C(F)(F)F)cc2)cc1)C1CC1. The van der Waals surface area contributed by atoms with Gasteiger partial charge in [0.05, 0.1) is 5.56 Å². The number of alkyl halides is 3. The molecule has 0 heterocycles. The number of benzene rings is 2. The van der Waals surface area contributed by atoms with Gasteiger partial charge in [-0.1, -0.05) is 36.4 Å². The molecule has 0 bridgehead atoms. The molecule has 0 saturated heterocycles. The molecule has 0 unspecified atom stereocenters. The van der Waals surface area contributed by atoms with E-state index in [1.165, 1.54) is 25.0 Å². The Morgan fingerprint density at radius 1 is 0.864 bits per heavy atom. The molecule has 2 aromatic rings. The van der Waals surface area contributed by atoms with Crippen LogP contribution in [0, 0.1) is 5.92 Å². The summed E-state index contributed by atoms with van der Waals surface area (Å²) in [7, 11) is 0. The fraction of sp³-hybridized carbons (Fsp3) is 0.294. The predicted molar refractivity (Wildman–Crippen MR) is 83.8 cm³/mol. The van der Waals surface area contributed by atoms with Gasteiger partial charge in [-0.15, -0.1) is 12.4 Å². The van der Waals surface area contributed by atoms with Crippen LogP contribution in [0.2, 0.25) is 0 Å². The van der Waals surface area contributed by atoms with Crippen molar-refractivity contribution in [2.24, 2.45) is 11.7 Å². The first kappa shape index (κ1) is 16.8. The van der Waals surface area contributed by atoms with Crippen LogP contribution in [0.1, 0.15) is 30.0 Å². The summed E-state index contributed by atoms with van der Waals surface area (Å²) in [4.78, 5) is 0. The van der Waals surface area contributed by atoms with Crippen molar-refractivity contribution in [2.75, 3.05) is 0 Å². The zero-order chi connectivity index (χ0) is 15.0. The highest BCUT2D eigenvalue weighted by Gasteiger charge is 2.30. The van der Waals surface area contributed by atoms with Gasteiger partial charge in [0.15, 0.2) is 0 Å². The zero-order valence-electron chi connectivity index (χ0n) is 11.8. The lowest BCUT2D eigenvalue weighted by Gasteiger charge is -2.12. The van der Waals surface area contributed by atoms with Crippen molar-refractivity contribution < 1.29 is 13.2 Å². The summed E-state index contributed by atoms with van der Waals surface area (Å²) < 4.78 is 37.6. The lowest BCUT2D eigenvalue weighted by Crippen LogP contribution is -2.11. The molecular weight excluding hydrogens is 311 g/mol. The van der Waals surface area contributed by atoms with Crippen LogP contribution in [0.4, 0.5) is 13.2 Å². The minimum absolute atomic E-state index is 0. The van der Waals surface area contributed by atoms with Crippen LogP contribution in [0.25, 0.3) is 11.1 Å². The van der Waals surface area contributed by atoms with E-state index in [2.05, 4.69) is 0 Å². The highest BCUT2D eigenvalue weighted by atomic mass is 35.5. The second-order valence-corrected chi connectivity index (χ2v) is 5.56. The molecule has 1 saturated carbocycles. The second kappa shape index (κ2) is 6.31. The van der Waals surface area contributed by atoms with Gasteiger partial charge in [0.2, 0.25) is 0 Å². The molecule has 0 radical (unpaired) electrons. The Morgan fingerprint density at radius 2 is 1.32 bits per heavy atom. The van der Waals surface area contributed by atoms with Crippen LogP contribution in [0.15, 0.2) is 48.5 Å². The Bertz CT molecular complexity index is 616. The molecule has 3 rings (SSSR count). The Kier molecular flexibility index (Phi) is 4.83. The number of hydrogen-bond acceptors (Lipinski definition) is 1. The average molecular weight is 328 g/mol. The highest BCUT2D eigenvalue weighted by Crippen LogP contribution is 2.39. The molecule has 1 fully saturated rings. The van der Waals surface area contributed by atoms with Crippen LogP contribution in [0.5, 0.6) is 0 Å². The summed E-state index contributed by atoms with van der Waals surface area (Å²) in [5.41, 5.74) is 8.27. The molecule has 118 valence electrons. The molecule has 1 aliphatic carbocycles. The molecule has 1 atom stereocenters. The quantitative estimate of drug-likeness (QED) is 0.823. The molecule has 2 aromatic carbocycles. The van der Waals surface area contributed by atoms with Crippen molar-refractivity contribution in [1.29, 1.82) is 0 Å². The molecule has 0 aliphatic heterocycles. The smallest absolute Gasteiger partial charge is 0.324 e. The summed E-state index contributed by atoms with van der Waals surface area (Å²) >= 11 is 0. The molecule has 0 amide bonds. The fourth-order valence-corrected chi connectivity index (χ4v) is 2.48. The van der Waals surface area contributed by atoms with Crippen LogP contribution >= 0.6 is 12.4 Å². The van der Waals surface area contributed by atoms with Gasteiger partial charge in [-0.05, 0) is 47.6 Å². The molecule has 0 spiro atoms. The van der Waals surface area contributed by atoms with Gasteiger partial charge >= 0.3 is 6.18 Å². The molecular formula is C17H17ClF3N. The number of halogens is 4. The fourth-order valence-electron chi connectivity index (χ4n) is 2.48. The summed E-state index contributed by atoms with van der Waals surface area (Å²) in [6, 6.07) is 13.1. The number of hydrogen-bond donors (Lipinski definition) is 1. The van der Waals surface area contributed by atoms with E-state index in [0.717, 1.165) is 28.8 Å². The van der Waals surface area contributed by atoms with E-state index in [1.807, 2.05) is 24.3 Å². The normalized spacial score (nSPS) is 16.0. The summed E-state index contributed by atoms with van der Waals surface area (Å²) in [5.74, 6) is 0.585. The van der Waals surface area contributed by atoms with E-state index in [4.69, 9.17) is 5.73 Å². The van der Waals surface area contributed by atoms with E-state index < -0.39 is 11.7 Å². The van der Waals surface area contributed by atoms with Gasteiger partial charge in [-0.25, -0.2) is 0 Å². The van der Waals surface area contributed by atoms with Crippen LogP contribution < -0.4 is 5.73 Å². The number of nitrogens with two attached hydrogens (primary N) is 1. The van der Waals surface area contributed by atoms with Crippen LogP contribution in [0.3, 0.4) is 0 Å². The summed E-state index contributed by atoms with van der Waals surface area (Å²) in [5, 5.41) is 0. The lowest BCUT2D eigenvalue weighted by atomic mass is 9.98. The monoisotopic (exact) mass is 327 g/mol. The van der Waals surface area contributed by atoms with Crippen molar-refractivity contribution in [1.82, 2.24) is 0 Å². The third-order valence-corrected chi connectivity index (χ3v) is 3.97. The molecule has 1 aliphatic rings.